The van der Waals surface area contributed by atoms with Crippen LogP contribution < -0.4 is 10.1 Å². The van der Waals surface area contributed by atoms with Crippen LogP contribution in [0.1, 0.15) is 23.3 Å². The quantitative estimate of drug-likeness (QED) is 0.857. The van der Waals surface area contributed by atoms with Crippen LogP contribution in [0, 0.1) is 5.82 Å². The summed E-state index contributed by atoms with van der Waals surface area (Å²) < 4.78 is 18.5. The Morgan fingerprint density at radius 1 is 1.35 bits per heavy atom. The number of nitrogens with one attached hydrogen (secondary N) is 1. The number of nitrogens with zero attached hydrogens (tertiary/aromatic N) is 2. The highest BCUT2D eigenvalue weighted by Gasteiger charge is 2.36. The van der Waals surface area contributed by atoms with Gasteiger partial charge in [0.1, 0.15) is 35.3 Å². The van der Waals surface area contributed by atoms with E-state index in [1.165, 1.54) is 24.3 Å². The molecular weight excluding hydrogens is 337 g/mol. The second kappa shape index (κ2) is 7.70. The highest BCUT2D eigenvalue weighted by molar-refractivity contribution is 5.92. The third kappa shape index (κ3) is 4.29. The second-order valence-corrected chi connectivity index (χ2v) is 6.46. The van der Waals surface area contributed by atoms with Gasteiger partial charge >= 0.3 is 0 Å². The summed E-state index contributed by atoms with van der Waals surface area (Å²) >= 11 is 0. The first-order valence-electron chi connectivity index (χ1n) is 8.54. The van der Waals surface area contributed by atoms with Crippen LogP contribution in [-0.4, -0.2) is 53.2 Å². The molecule has 1 aliphatic heterocycles. The molecule has 0 spiro atoms. The molecule has 0 saturated carbocycles. The third-order valence-electron chi connectivity index (χ3n) is 4.39. The lowest BCUT2D eigenvalue weighted by Gasteiger charge is -2.38. The molecule has 1 fully saturated rings. The smallest absolute Gasteiger partial charge is 0.272 e. The number of rotatable bonds is 5. The Morgan fingerprint density at radius 3 is 2.85 bits per heavy atom. The van der Waals surface area contributed by atoms with Crippen LogP contribution in [0.4, 0.5) is 10.2 Å². The highest BCUT2D eigenvalue weighted by atomic mass is 19.1. The molecule has 1 aromatic heterocycles. The van der Waals surface area contributed by atoms with E-state index in [2.05, 4.69) is 10.3 Å². The van der Waals surface area contributed by atoms with Gasteiger partial charge in [-0.05, 0) is 49.2 Å². The molecule has 6 nitrogen and oxygen atoms in total. The van der Waals surface area contributed by atoms with Gasteiger partial charge in [0.15, 0.2) is 0 Å². The molecule has 0 bridgehead atoms. The topological polar surface area (TPSA) is 74.7 Å². The zero-order valence-corrected chi connectivity index (χ0v) is 14.6. The standard InChI is InChI=1S/C19H22FN3O3/c1-21-17-5-2-4-16(22-17)18(24)23-11-3-10-19(25,12-23)13-26-15-8-6-14(20)7-9-15/h2,4-9,25H,3,10-13H2,1H3,(H,21,22)/t19-/m1/s1. The monoisotopic (exact) mass is 359 g/mol. The number of aromatic nitrogens is 1. The van der Waals surface area contributed by atoms with Gasteiger partial charge in [-0.15, -0.1) is 0 Å². The van der Waals surface area contributed by atoms with Crippen molar-refractivity contribution in [2.45, 2.75) is 18.4 Å². The average Bonchev–Trinajstić information content (AvgIpc) is 2.67. The Bertz CT molecular complexity index is 769. The third-order valence-corrected chi connectivity index (χ3v) is 4.39. The molecule has 1 aromatic carbocycles. The lowest BCUT2D eigenvalue weighted by atomic mass is 9.93. The van der Waals surface area contributed by atoms with E-state index in [0.717, 1.165) is 0 Å². The van der Waals surface area contributed by atoms with E-state index < -0.39 is 5.60 Å². The van der Waals surface area contributed by atoms with Crippen LogP contribution in [0.25, 0.3) is 0 Å². The van der Waals surface area contributed by atoms with Crippen molar-refractivity contribution < 1.29 is 19.0 Å². The van der Waals surface area contributed by atoms with E-state index in [-0.39, 0.29) is 24.9 Å². The van der Waals surface area contributed by atoms with Crippen molar-refractivity contribution in [1.82, 2.24) is 9.88 Å². The van der Waals surface area contributed by atoms with Crippen molar-refractivity contribution in [3.63, 3.8) is 0 Å². The molecule has 1 amide bonds. The summed E-state index contributed by atoms with van der Waals surface area (Å²) in [5.41, 5.74) is -0.816. The summed E-state index contributed by atoms with van der Waals surface area (Å²) in [4.78, 5) is 18.6. The minimum absolute atomic E-state index is 0.0341. The first-order valence-corrected chi connectivity index (χ1v) is 8.54. The molecule has 7 heteroatoms. The zero-order chi connectivity index (χ0) is 18.6. The molecule has 1 aliphatic rings. The summed E-state index contributed by atoms with van der Waals surface area (Å²) in [7, 11) is 1.74. The number of halogens is 1. The van der Waals surface area contributed by atoms with E-state index in [0.29, 0.717) is 36.6 Å². The van der Waals surface area contributed by atoms with E-state index in [4.69, 9.17) is 4.74 Å². The summed E-state index contributed by atoms with van der Waals surface area (Å²) in [6, 6.07) is 10.8. The summed E-state index contributed by atoms with van der Waals surface area (Å²) in [6.45, 7) is 0.758. The van der Waals surface area contributed by atoms with Crippen LogP contribution in [0.3, 0.4) is 0 Å². The molecule has 3 rings (SSSR count). The maximum atomic E-state index is 13.0. The summed E-state index contributed by atoms with van der Waals surface area (Å²) in [5, 5.41) is 13.7. The number of amides is 1. The lowest BCUT2D eigenvalue weighted by molar-refractivity contribution is -0.0533. The minimum atomic E-state index is -1.15. The van der Waals surface area contributed by atoms with Crippen LogP contribution in [0.2, 0.25) is 0 Å². The number of aliphatic hydroxyl groups is 1. The van der Waals surface area contributed by atoms with E-state index >= 15 is 0 Å². The number of likely N-dealkylation sites (tertiary alicyclic amines) is 1. The number of hydrogen-bond acceptors (Lipinski definition) is 5. The number of anilines is 1. The highest BCUT2D eigenvalue weighted by Crippen LogP contribution is 2.24. The van der Waals surface area contributed by atoms with Crippen LogP contribution in [0.5, 0.6) is 5.75 Å². The van der Waals surface area contributed by atoms with Gasteiger partial charge < -0.3 is 20.1 Å². The maximum Gasteiger partial charge on any atom is 0.272 e. The van der Waals surface area contributed by atoms with Crippen molar-refractivity contribution in [3.05, 3.63) is 54.0 Å². The Morgan fingerprint density at radius 2 is 2.12 bits per heavy atom. The number of carbonyl (C=O) groups is 1. The lowest BCUT2D eigenvalue weighted by Crippen LogP contribution is -2.53. The summed E-state index contributed by atoms with van der Waals surface area (Å²) in [6.07, 6.45) is 1.20. The van der Waals surface area contributed by atoms with Crippen molar-refractivity contribution >= 4 is 11.7 Å². The van der Waals surface area contributed by atoms with Crippen molar-refractivity contribution in [2.24, 2.45) is 0 Å². The fourth-order valence-corrected chi connectivity index (χ4v) is 3.01. The van der Waals surface area contributed by atoms with Crippen molar-refractivity contribution in [3.8, 4) is 5.75 Å². The van der Waals surface area contributed by atoms with Gasteiger partial charge in [0.25, 0.3) is 5.91 Å². The number of piperidine rings is 1. The van der Waals surface area contributed by atoms with Gasteiger partial charge in [0.2, 0.25) is 0 Å². The number of carbonyl (C=O) groups excluding carboxylic acids is 1. The molecule has 2 heterocycles. The van der Waals surface area contributed by atoms with Gasteiger partial charge in [-0.25, -0.2) is 9.37 Å². The molecule has 1 saturated heterocycles. The second-order valence-electron chi connectivity index (χ2n) is 6.46. The first-order chi connectivity index (χ1) is 12.5. The predicted molar refractivity (Wildman–Crippen MR) is 95.8 cm³/mol. The number of pyridine rings is 1. The normalized spacial score (nSPS) is 19.9. The maximum absolute atomic E-state index is 13.0. The molecule has 1 atom stereocenters. The fourth-order valence-electron chi connectivity index (χ4n) is 3.01. The number of ether oxygens (including phenoxy) is 1. The Hall–Kier alpha value is -2.67. The molecule has 0 aliphatic carbocycles. The summed E-state index contributed by atoms with van der Waals surface area (Å²) in [5.74, 6) is 0.526. The molecule has 2 N–H and O–H groups in total. The van der Waals surface area contributed by atoms with Gasteiger partial charge in [0, 0.05) is 13.6 Å². The SMILES string of the molecule is CNc1cccc(C(=O)N2CCC[C@](O)(COc3ccc(F)cc3)C2)n1. The molecule has 26 heavy (non-hydrogen) atoms. The Labute approximate surface area is 151 Å². The van der Waals surface area contributed by atoms with Gasteiger partial charge in [0.05, 0.1) is 6.54 Å². The van der Waals surface area contributed by atoms with Crippen molar-refractivity contribution in [2.75, 3.05) is 32.1 Å². The molecule has 0 radical (unpaired) electrons. The van der Waals surface area contributed by atoms with E-state index in [1.807, 2.05) is 0 Å². The van der Waals surface area contributed by atoms with Crippen LogP contribution in [0.15, 0.2) is 42.5 Å². The Kier molecular flexibility index (Phi) is 5.37. The Balaban J connectivity index is 1.65. The minimum Gasteiger partial charge on any atom is -0.491 e. The van der Waals surface area contributed by atoms with Crippen molar-refractivity contribution in [1.29, 1.82) is 0 Å². The van der Waals surface area contributed by atoms with Gasteiger partial charge in [-0.2, -0.15) is 0 Å². The van der Waals surface area contributed by atoms with E-state index in [1.54, 1.807) is 30.1 Å². The average molecular weight is 359 g/mol. The molecule has 0 unspecified atom stereocenters. The fraction of sp³-hybridized carbons (Fsp3) is 0.368. The molecule has 138 valence electrons. The number of benzene rings is 1. The predicted octanol–water partition coefficient (Wildman–Crippen LogP) is 2.31. The number of β-amino-alcohol motifs (C(OH)–C–C–N with tert-alkyl or cyclic N) is 1. The van der Waals surface area contributed by atoms with Gasteiger partial charge in [-0.3, -0.25) is 4.79 Å². The van der Waals surface area contributed by atoms with Crippen LogP contribution >= 0.6 is 0 Å². The van der Waals surface area contributed by atoms with Crippen LogP contribution in [-0.2, 0) is 0 Å². The first kappa shape index (κ1) is 18.1. The van der Waals surface area contributed by atoms with E-state index in [9.17, 15) is 14.3 Å². The number of hydrogen-bond donors (Lipinski definition) is 2. The molecule has 2 aromatic rings. The molecular formula is C19H22FN3O3. The largest absolute Gasteiger partial charge is 0.491 e. The van der Waals surface area contributed by atoms with Gasteiger partial charge in [-0.1, -0.05) is 6.07 Å². The zero-order valence-electron chi connectivity index (χ0n) is 14.6.